The molecule has 0 unspecified atom stereocenters. The number of benzene rings is 2. The molecule has 4 nitrogen and oxygen atoms in total. The quantitative estimate of drug-likeness (QED) is 0.607. The molecule has 5 heteroatoms. The minimum Gasteiger partial charge on any atom is -0.298 e. The van der Waals surface area contributed by atoms with Crippen LogP contribution in [0.1, 0.15) is 5.56 Å². The molecule has 2 aromatic heterocycles. The van der Waals surface area contributed by atoms with Gasteiger partial charge in [-0.3, -0.25) is 9.78 Å². The standard InChI is InChI=1S/C19H14N2O2S/c1-12-15-17(24-16(12)13-8-4-2-5-9-13)20-19(23)21(18(15)22)14-10-6-3-7-11-14/h2-11H,1H3,(H,20,23). The normalized spacial score (nSPS) is 11.0. The molecule has 24 heavy (non-hydrogen) atoms. The fourth-order valence-corrected chi connectivity index (χ4v) is 4.09. The van der Waals surface area contributed by atoms with Crippen LogP contribution in [0.25, 0.3) is 26.3 Å². The lowest BCUT2D eigenvalue weighted by Gasteiger charge is -2.04. The molecule has 0 spiro atoms. The number of aromatic amines is 1. The van der Waals surface area contributed by atoms with Crippen molar-refractivity contribution in [2.24, 2.45) is 0 Å². The van der Waals surface area contributed by atoms with Crippen molar-refractivity contribution in [2.45, 2.75) is 6.92 Å². The lowest BCUT2D eigenvalue weighted by Crippen LogP contribution is -2.33. The molecule has 1 N–H and O–H groups in total. The predicted octanol–water partition coefficient (Wildman–Crippen LogP) is 3.72. The van der Waals surface area contributed by atoms with Crippen LogP contribution in [0.4, 0.5) is 0 Å². The minimum atomic E-state index is -0.417. The van der Waals surface area contributed by atoms with Gasteiger partial charge in [0.15, 0.2) is 0 Å². The molecule has 0 amide bonds. The van der Waals surface area contributed by atoms with Crippen molar-refractivity contribution in [3.05, 3.63) is 87.1 Å². The third-order valence-electron chi connectivity index (χ3n) is 4.04. The summed E-state index contributed by atoms with van der Waals surface area (Å²) in [7, 11) is 0. The highest BCUT2D eigenvalue weighted by atomic mass is 32.1. The molecule has 0 aliphatic rings. The van der Waals surface area contributed by atoms with Crippen LogP contribution in [-0.4, -0.2) is 9.55 Å². The van der Waals surface area contributed by atoms with Gasteiger partial charge in [0.05, 0.1) is 11.1 Å². The van der Waals surface area contributed by atoms with E-state index in [0.29, 0.717) is 15.9 Å². The second-order valence-corrected chi connectivity index (χ2v) is 6.55. The Morgan fingerprint density at radius 2 is 1.54 bits per heavy atom. The van der Waals surface area contributed by atoms with Gasteiger partial charge in [0.25, 0.3) is 5.56 Å². The monoisotopic (exact) mass is 334 g/mol. The SMILES string of the molecule is Cc1c(-c2ccccc2)sc2[nH]c(=O)n(-c3ccccc3)c(=O)c12. The minimum absolute atomic E-state index is 0.282. The first-order valence-electron chi connectivity index (χ1n) is 7.56. The highest BCUT2D eigenvalue weighted by molar-refractivity contribution is 7.22. The van der Waals surface area contributed by atoms with Gasteiger partial charge in [0, 0.05) is 4.88 Å². The van der Waals surface area contributed by atoms with Gasteiger partial charge >= 0.3 is 5.69 Å². The second-order valence-electron chi connectivity index (χ2n) is 5.53. The Kier molecular flexibility index (Phi) is 3.43. The first-order chi connectivity index (χ1) is 11.7. The fraction of sp³-hybridized carbons (Fsp3) is 0.0526. The first kappa shape index (κ1) is 14.7. The van der Waals surface area contributed by atoms with E-state index < -0.39 is 5.69 Å². The van der Waals surface area contributed by atoms with E-state index in [4.69, 9.17) is 0 Å². The number of H-pyrrole nitrogens is 1. The molecule has 2 aromatic carbocycles. The van der Waals surface area contributed by atoms with E-state index in [9.17, 15) is 9.59 Å². The molecular weight excluding hydrogens is 320 g/mol. The van der Waals surface area contributed by atoms with Crippen LogP contribution in [0, 0.1) is 6.92 Å². The summed E-state index contributed by atoms with van der Waals surface area (Å²) in [5, 5.41) is 0.572. The average Bonchev–Trinajstić information content (AvgIpc) is 2.93. The van der Waals surface area contributed by atoms with Gasteiger partial charge in [-0.15, -0.1) is 11.3 Å². The number of nitrogens with one attached hydrogen (secondary N) is 1. The fourth-order valence-electron chi connectivity index (χ4n) is 2.89. The van der Waals surface area contributed by atoms with Crippen LogP contribution < -0.4 is 11.2 Å². The number of thiophene rings is 1. The molecule has 0 aliphatic heterocycles. The van der Waals surface area contributed by atoms with E-state index >= 15 is 0 Å². The Hall–Kier alpha value is -2.92. The van der Waals surface area contributed by atoms with Crippen molar-refractivity contribution in [3.63, 3.8) is 0 Å². The van der Waals surface area contributed by atoms with Gasteiger partial charge in [-0.2, -0.15) is 0 Å². The number of hydrogen-bond donors (Lipinski definition) is 1. The maximum Gasteiger partial charge on any atom is 0.334 e. The summed E-state index contributed by atoms with van der Waals surface area (Å²) in [5.74, 6) is 0. The number of nitrogens with zero attached hydrogens (tertiary/aromatic N) is 1. The molecule has 2 heterocycles. The van der Waals surface area contributed by atoms with Crippen molar-refractivity contribution < 1.29 is 0 Å². The summed E-state index contributed by atoms with van der Waals surface area (Å²) in [5.41, 5.74) is 1.81. The molecule has 4 aromatic rings. The molecule has 118 valence electrons. The molecule has 0 aliphatic carbocycles. The first-order valence-corrected chi connectivity index (χ1v) is 8.38. The smallest absolute Gasteiger partial charge is 0.298 e. The summed E-state index contributed by atoms with van der Waals surface area (Å²) in [6.07, 6.45) is 0. The van der Waals surface area contributed by atoms with Crippen LogP contribution in [-0.2, 0) is 0 Å². The molecule has 0 atom stereocenters. The summed E-state index contributed by atoms with van der Waals surface area (Å²) in [4.78, 5) is 29.9. The molecule has 0 fully saturated rings. The van der Waals surface area contributed by atoms with Gasteiger partial charge in [0.1, 0.15) is 4.83 Å². The zero-order valence-corrected chi connectivity index (χ0v) is 13.8. The lowest BCUT2D eigenvalue weighted by molar-refractivity contribution is 0.903. The van der Waals surface area contributed by atoms with E-state index in [0.717, 1.165) is 16.0 Å². The summed E-state index contributed by atoms with van der Waals surface area (Å²) in [6, 6.07) is 18.9. The van der Waals surface area contributed by atoms with E-state index in [1.165, 1.54) is 15.9 Å². The van der Waals surface area contributed by atoms with Crippen LogP contribution in [0.15, 0.2) is 70.3 Å². The molecule has 0 bridgehead atoms. The van der Waals surface area contributed by atoms with Crippen LogP contribution in [0.5, 0.6) is 0 Å². The number of para-hydroxylation sites is 1. The summed E-state index contributed by atoms with van der Waals surface area (Å²) in [6.45, 7) is 1.93. The molecule has 4 rings (SSSR count). The molecule has 0 saturated heterocycles. The lowest BCUT2D eigenvalue weighted by atomic mass is 10.1. The van der Waals surface area contributed by atoms with Gasteiger partial charge in [-0.25, -0.2) is 9.36 Å². The van der Waals surface area contributed by atoms with Crippen LogP contribution in [0.2, 0.25) is 0 Å². The molecular formula is C19H14N2O2S. The third-order valence-corrected chi connectivity index (χ3v) is 5.29. The van der Waals surface area contributed by atoms with Crippen molar-refractivity contribution in [2.75, 3.05) is 0 Å². The topological polar surface area (TPSA) is 54.9 Å². The Morgan fingerprint density at radius 3 is 2.21 bits per heavy atom. The van der Waals surface area contributed by atoms with Crippen LogP contribution in [0.3, 0.4) is 0 Å². The maximum atomic E-state index is 13.0. The van der Waals surface area contributed by atoms with E-state index in [1.54, 1.807) is 24.3 Å². The third kappa shape index (κ3) is 2.21. The second kappa shape index (κ2) is 5.62. The number of aromatic nitrogens is 2. The molecule has 0 saturated carbocycles. The Balaban J connectivity index is 2.06. The zero-order valence-electron chi connectivity index (χ0n) is 12.9. The van der Waals surface area contributed by atoms with Crippen LogP contribution >= 0.6 is 11.3 Å². The highest BCUT2D eigenvalue weighted by Gasteiger charge is 2.17. The largest absolute Gasteiger partial charge is 0.334 e. The predicted molar refractivity (Wildman–Crippen MR) is 98.2 cm³/mol. The van der Waals surface area contributed by atoms with Crippen molar-refractivity contribution in [1.29, 1.82) is 0 Å². The van der Waals surface area contributed by atoms with Crippen molar-refractivity contribution in [3.8, 4) is 16.1 Å². The van der Waals surface area contributed by atoms with E-state index in [1.807, 2.05) is 43.3 Å². The van der Waals surface area contributed by atoms with Gasteiger partial charge < -0.3 is 0 Å². The Labute approximate surface area is 141 Å². The summed E-state index contributed by atoms with van der Waals surface area (Å²) < 4.78 is 1.19. The van der Waals surface area contributed by atoms with Gasteiger partial charge in [0.2, 0.25) is 0 Å². The number of hydrogen-bond acceptors (Lipinski definition) is 3. The summed E-state index contributed by atoms with van der Waals surface area (Å²) >= 11 is 1.44. The molecule has 0 radical (unpaired) electrons. The highest BCUT2D eigenvalue weighted by Crippen LogP contribution is 2.35. The van der Waals surface area contributed by atoms with Crippen molar-refractivity contribution in [1.82, 2.24) is 9.55 Å². The average molecular weight is 334 g/mol. The zero-order chi connectivity index (χ0) is 16.7. The van der Waals surface area contributed by atoms with Crippen molar-refractivity contribution >= 4 is 21.6 Å². The van der Waals surface area contributed by atoms with Gasteiger partial charge in [-0.1, -0.05) is 48.5 Å². The number of rotatable bonds is 2. The number of fused-ring (bicyclic) bond motifs is 1. The Bertz CT molecular complexity index is 1140. The van der Waals surface area contributed by atoms with E-state index in [-0.39, 0.29) is 5.56 Å². The van der Waals surface area contributed by atoms with E-state index in [2.05, 4.69) is 4.98 Å². The Morgan fingerprint density at radius 1 is 0.917 bits per heavy atom. The maximum absolute atomic E-state index is 13.0. The van der Waals surface area contributed by atoms with Gasteiger partial charge in [-0.05, 0) is 30.2 Å². The number of aryl methyl sites for hydroxylation is 1.